The first-order valence-electron chi connectivity index (χ1n) is 8.04. The Hall–Kier alpha value is -2.64. The lowest BCUT2D eigenvalue weighted by molar-refractivity contribution is 0.0528. The Labute approximate surface area is 140 Å². The van der Waals surface area contributed by atoms with Crippen molar-refractivity contribution in [1.29, 1.82) is 0 Å². The molecule has 2 aromatic heterocycles. The van der Waals surface area contributed by atoms with Gasteiger partial charge in [-0.25, -0.2) is 19.1 Å². The van der Waals surface area contributed by atoms with Crippen molar-refractivity contribution in [2.45, 2.75) is 33.7 Å². The van der Waals surface area contributed by atoms with E-state index in [1.165, 1.54) is 6.20 Å². The number of fused-ring (bicyclic) bond motifs is 1. The minimum absolute atomic E-state index is 0.0709. The van der Waals surface area contributed by atoms with E-state index in [4.69, 9.17) is 4.74 Å². The van der Waals surface area contributed by atoms with Crippen LogP contribution >= 0.6 is 0 Å². The summed E-state index contributed by atoms with van der Waals surface area (Å²) >= 11 is 0. The SMILES string of the molecule is CCOC(=O)c1cnn2c(C)cc(N3CCN(C(C)C)C3=O)nc12. The van der Waals surface area contributed by atoms with Gasteiger partial charge in [0.25, 0.3) is 0 Å². The van der Waals surface area contributed by atoms with Crippen molar-refractivity contribution >= 4 is 23.5 Å². The summed E-state index contributed by atoms with van der Waals surface area (Å²) in [5, 5.41) is 4.19. The number of urea groups is 1. The van der Waals surface area contributed by atoms with Crippen molar-refractivity contribution < 1.29 is 14.3 Å². The molecule has 2 amide bonds. The van der Waals surface area contributed by atoms with E-state index in [1.54, 1.807) is 27.3 Å². The Kier molecular flexibility index (Phi) is 4.13. The van der Waals surface area contributed by atoms with Crippen LogP contribution in [0.4, 0.5) is 10.6 Å². The van der Waals surface area contributed by atoms with Gasteiger partial charge >= 0.3 is 12.0 Å². The minimum Gasteiger partial charge on any atom is -0.462 e. The topological polar surface area (TPSA) is 80.0 Å². The lowest BCUT2D eigenvalue weighted by Gasteiger charge is -2.21. The number of esters is 1. The molecule has 24 heavy (non-hydrogen) atoms. The maximum atomic E-state index is 12.6. The Balaban J connectivity index is 2.03. The molecule has 0 bridgehead atoms. The van der Waals surface area contributed by atoms with E-state index >= 15 is 0 Å². The monoisotopic (exact) mass is 331 g/mol. The van der Waals surface area contributed by atoms with Crippen molar-refractivity contribution in [3.63, 3.8) is 0 Å². The molecular formula is C16H21N5O3. The molecule has 0 spiro atoms. The second kappa shape index (κ2) is 6.10. The number of rotatable bonds is 4. The van der Waals surface area contributed by atoms with E-state index in [0.29, 0.717) is 30.1 Å². The van der Waals surface area contributed by atoms with Gasteiger partial charge in [-0.3, -0.25) is 4.90 Å². The summed E-state index contributed by atoms with van der Waals surface area (Å²) in [6.07, 6.45) is 1.45. The molecule has 0 atom stereocenters. The first-order chi connectivity index (χ1) is 11.4. The van der Waals surface area contributed by atoms with Crippen LogP contribution in [-0.4, -0.2) is 57.2 Å². The quantitative estimate of drug-likeness (QED) is 0.799. The molecule has 1 aliphatic rings. The molecule has 3 rings (SSSR count). The van der Waals surface area contributed by atoms with Gasteiger partial charge in [0, 0.05) is 30.9 Å². The molecule has 0 saturated carbocycles. The minimum atomic E-state index is -0.465. The van der Waals surface area contributed by atoms with Crippen molar-refractivity contribution in [2.24, 2.45) is 0 Å². The molecule has 8 heteroatoms. The Morgan fingerprint density at radius 3 is 2.75 bits per heavy atom. The number of nitrogens with zero attached hydrogens (tertiary/aromatic N) is 5. The number of amides is 2. The Morgan fingerprint density at radius 1 is 1.38 bits per heavy atom. The van der Waals surface area contributed by atoms with E-state index in [-0.39, 0.29) is 18.7 Å². The fourth-order valence-corrected chi connectivity index (χ4v) is 2.83. The summed E-state index contributed by atoms with van der Waals surface area (Å²) in [4.78, 5) is 32.6. The van der Waals surface area contributed by atoms with Crippen LogP contribution in [0.3, 0.4) is 0 Å². The van der Waals surface area contributed by atoms with Gasteiger partial charge in [0.2, 0.25) is 0 Å². The highest BCUT2D eigenvalue weighted by Crippen LogP contribution is 2.23. The van der Waals surface area contributed by atoms with Crippen molar-refractivity contribution in [2.75, 3.05) is 24.6 Å². The largest absolute Gasteiger partial charge is 0.462 e. The standard InChI is InChI=1S/C16H21N5O3/c1-5-24-15(22)12-9-17-21-11(4)8-13(18-14(12)21)20-7-6-19(10(2)3)16(20)23/h8-10H,5-7H2,1-4H3. The second-order valence-corrected chi connectivity index (χ2v) is 5.99. The van der Waals surface area contributed by atoms with Crippen LogP contribution < -0.4 is 4.90 Å². The molecule has 0 unspecified atom stereocenters. The zero-order valence-corrected chi connectivity index (χ0v) is 14.3. The molecule has 128 valence electrons. The van der Waals surface area contributed by atoms with E-state index in [1.807, 2.05) is 20.8 Å². The Bertz CT molecular complexity index is 798. The molecule has 0 N–H and O–H groups in total. The van der Waals surface area contributed by atoms with Crippen LogP contribution in [0.1, 0.15) is 36.8 Å². The van der Waals surface area contributed by atoms with Crippen LogP contribution in [0.15, 0.2) is 12.3 Å². The van der Waals surface area contributed by atoms with Gasteiger partial charge in [0.15, 0.2) is 5.65 Å². The lowest BCUT2D eigenvalue weighted by Crippen LogP contribution is -2.36. The van der Waals surface area contributed by atoms with Crippen molar-refractivity contribution in [3.05, 3.63) is 23.5 Å². The molecule has 0 aromatic carbocycles. The van der Waals surface area contributed by atoms with Gasteiger partial charge in [-0.1, -0.05) is 0 Å². The number of aromatic nitrogens is 3. The summed E-state index contributed by atoms with van der Waals surface area (Å²) in [5.41, 5.74) is 1.50. The first kappa shape index (κ1) is 16.2. The zero-order chi connectivity index (χ0) is 17.4. The van der Waals surface area contributed by atoms with Crippen LogP contribution in [-0.2, 0) is 4.74 Å². The van der Waals surface area contributed by atoms with Crippen LogP contribution in [0, 0.1) is 6.92 Å². The van der Waals surface area contributed by atoms with Crippen LogP contribution in [0.25, 0.3) is 5.65 Å². The molecular weight excluding hydrogens is 310 g/mol. The summed E-state index contributed by atoms with van der Waals surface area (Å²) < 4.78 is 6.63. The van der Waals surface area contributed by atoms with Gasteiger partial charge in [-0.2, -0.15) is 5.10 Å². The number of ether oxygens (including phenoxy) is 1. The zero-order valence-electron chi connectivity index (χ0n) is 14.3. The van der Waals surface area contributed by atoms with E-state index in [2.05, 4.69) is 10.1 Å². The second-order valence-electron chi connectivity index (χ2n) is 5.99. The summed E-state index contributed by atoms with van der Waals surface area (Å²) in [5.74, 6) is 0.0623. The summed E-state index contributed by atoms with van der Waals surface area (Å²) in [6, 6.07) is 1.87. The number of carbonyl (C=O) groups excluding carboxylic acids is 2. The highest BCUT2D eigenvalue weighted by molar-refractivity contribution is 5.97. The first-order valence-corrected chi connectivity index (χ1v) is 8.04. The fraction of sp³-hybridized carbons (Fsp3) is 0.500. The summed E-state index contributed by atoms with van der Waals surface area (Å²) in [6.45, 7) is 9.09. The van der Waals surface area contributed by atoms with Crippen molar-refractivity contribution in [1.82, 2.24) is 19.5 Å². The van der Waals surface area contributed by atoms with Gasteiger partial charge in [-0.15, -0.1) is 0 Å². The third-order valence-electron chi connectivity index (χ3n) is 4.07. The predicted octanol–water partition coefficient (Wildman–Crippen LogP) is 1.86. The normalized spacial score (nSPS) is 15.0. The number of hydrogen-bond acceptors (Lipinski definition) is 5. The highest BCUT2D eigenvalue weighted by Gasteiger charge is 2.32. The molecule has 8 nitrogen and oxygen atoms in total. The fourth-order valence-electron chi connectivity index (χ4n) is 2.83. The predicted molar refractivity (Wildman–Crippen MR) is 88.3 cm³/mol. The van der Waals surface area contributed by atoms with Crippen molar-refractivity contribution in [3.8, 4) is 0 Å². The maximum absolute atomic E-state index is 12.6. The van der Waals surface area contributed by atoms with Gasteiger partial charge < -0.3 is 9.64 Å². The van der Waals surface area contributed by atoms with Gasteiger partial charge in [-0.05, 0) is 27.7 Å². The molecule has 1 fully saturated rings. The average molecular weight is 331 g/mol. The molecule has 2 aromatic rings. The smallest absolute Gasteiger partial charge is 0.343 e. The van der Waals surface area contributed by atoms with Crippen LogP contribution in [0.2, 0.25) is 0 Å². The molecule has 1 aliphatic heterocycles. The third-order valence-corrected chi connectivity index (χ3v) is 4.07. The van der Waals surface area contributed by atoms with E-state index < -0.39 is 5.97 Å². The lowest BCUT2D eigenvalue weighted by atomic mass is 10.3. The molecule has 0 radical (unpaired) electrons. The average Bonchev–Trinajstić information content (AvgIpc) is 3.11. The van der Waals surface area contributed by atoms with E-state index in [9.17, 15) is 9.59 Å². The maximum Gasteiger partial charge on any atom is 0.343 e. The van der Waals surface area contributed by atoms with Gasteiger partial charge in [0.1, 0.15) is 11.4 Å². The number of anilines is 1. The molecule has 3 heterocycles. The summed E-state index contributed by atoms with van der Waals surface area (Å²) in [7, 11) is 0. The molecule has 0 aliphatic carbocycles. The molecule has 1 saturated heterocycles. The number of hydrogen-bond donors (Lipinski definition) is 0. The van der Waals surface area contributed by atoms with E-state index in [0.717, 1.165) is 5.69 Å². The highest BCUT2D eigenvalue weighted by atomic mass is 16.5. The van der Waals surface area contributed by atoms with Gasteiger partial charge in [0.05, 0.1) is 12.8 Å². The Morgan fingerprint density at radius 2 is 2.12 bits per heavy atom. The third kappa shape index (κ3) is 2.57. The number of aryl methyl sites for hydroxylation is 1. The van der Waals surface area contributed by atoms with Crippen LogP contribution in [0.5, 0.6) is 0 Å². The number of carbonyl (C=O) groups is 2.